The number of carbonyl (C=O) groups is 1. The van der Waals surface area contributed by atoms with Crippen molar-refractivity contribution in [1.82, 2.24) is 5.32 Å². The molecule has 0 aromatic heterocycles. The van der Waals surface area contributed by atoms with Crippen LogP contribution in [0.1, 0.15) is 37.7 Å². The average molecular weight is 304 g/mol. The Morgan fingerprint density at radius 1 is 1.18 bits per heavy atom. The minimum atomic E-state index is -0.224. The number of fused-ring (bicyclic) bond motifs is 2. The van der Waals surface area contributed by atoms with Gasteiger partial charge >= 0.3 is 0 Å². The molecule has 2 fully saturated rings. The highest BCUT2D eigenvalue weighted by Crippen LogP contribution is 2.41. The summed E-state index contributed by atoms with van der Waals surface area (Å²) in [5.41, 5.74) is 7.32. The van der Waals surface area contributed by atoms with E-state index < -0.39 is 0 Å². The molecule has 0 aliphatic heterocycles. The molecule has 2 bridgehead atoms. The van der Waals surface area contributed by atoms with Gasteiger partial charge in [-0.15, -0.1) is 0 Å². The smallest absolute Gasteiger partial charge is 0.223 e. The number of hydrogen-bond acceptors (Lipinski definition) is 2. The van der Waals surface area contributed by atoms with Crippen molar-refractivity contribution in [3.63, 3.8) is 0 Å². The highest BCUT2D eigenvalue weighted by molar-refractivity contribution is 5.78. The van der Waals surface area contributed by atoms with Crippen LogP contribution in [0.3, 0.4) is 0 Å². The second kappa shape index (κ2) is 6.78. The Morgan fingerprint density at radius 2 is 1.82 bits per heavy atom. The molecule has 3 nitrogen and oxygen atoms in total. The molecule has 0 radical (unpaired) electrons. The molecule has 0 heterocycles. The lowest BCUT2D eigenvalue weighted by Crippen LogP contribution is -2.49. The minimum Gasteiger partial charge on any atom is -0.356 e. The van der Waals surface area contributed by atoms with Gasteiger partial charge in [0.1, 0.15) is 5.82 Å². The molecule has 2 aliphatic rings. The van der Waals surface area contributed by atoms with E-state index >= 15 is 0 Å². The van der Waals surface area contributed by atoms with Crippen molar-refractivity contribution in [2.75, 3.05) is 6.54 Å². The van der Waals surface area contributed by atoms with Crippen LogP contribution in [0, 0.1) is 23.6 Å². The molecule has 1 aromatic carbocycles. The highest BCUT2D eigenvalue weighted by Gasteiger charge is 2.40. The first-order valence-electron chi connectivity index (χ1n) is 8.41. The van der Waals surface area contributed by atoms with Crippen molar-refractivity contribution in [3.8, 4) is 0 Å². The zero-order chi connectivity index (χ0) is 15.5. The maximum absolute atomic E-state index is 12.8. The van der Waals surface area contributed by atoms with Crippen molar-refractivity contribution in [1.29, 1.82) is 0 Å². The van der Waals surface area contributed by atoms with Crippen LogP contribution in [0.4, 0.5) is 4.39 Å². The summed E-state index contributed by atoms with van der Waals surface area (Å²) in [6.07, 6.45) is 6.25. The van der Waals surface area contributed by atoms with E-state index in [4.69, 9.17) is 5.73 Å². The van der Waals surface area contributed by atoms with Crippen molar-refractivity contribution < 1.29 is 9.18 Å². The van der Waals surface area contributed by atoms with E-state index in [1.165, 1.54) is 31.4 Å². The summed E-state index contributed by atoms with van der Waals surface area (Å²) in [7, 11) is 0. The van der Waals surface area contributed by atoms with E-state index in [9.17, 15) is 9.18 Å². The summed E-state index contributed by atoms with van der Waals surface area (Å²) in [6, 6.07) is 6.76. The van der Waals surface area contributed by atoms with Crippen LogP contribution in [-0.2, 0) is 11.2 Å². The summed E-state index contributed by atoms with van der Waals surface area (Å²) < 4.78 is 12.8. The Kier molecular flexibility index (Phi) is 4.77. The zero-order valence-corrected chi connectivity index (χ0v) is 12.9. The minimum absolute atomic E-state index is 0.128. The van der Waals surface area contributed by atoms with Crippen molar-refractivity contribution in [2.24, 2.45) is 23.5 Å². The molecule has 22 heavy (non-hydrogen) atoms. The molecule has 2 unspecified atom stereocenters. The van der Waals surface area contributed by atoms with Gasteiger partial charge in [0.25, 0.3) is 0 Å². The fraction of sp³-hybridized carbons (Fsp3) is 0.611. The van der Waals surface area contributed by atoms with Crippen molar-refractivity contribution in [3.05, 3.63) is 35.6 Å². The quantitative estimate of drug-likeness (QED) is 0.898. The topological polar surface area (TPSA) is 55.1 Å². The van der Waals surface area contributed by atoms with Gasteiger partial charge in [-0.1, -0.05) is 18.6 Å². The zero-order valence-electron chi connectivity index (χ0n) is 12.9. The van der Waals surface area contributed by atoms with Gasteiger partial charge in [-0.05, 0) is 61.6 Å². The van der Waals surface area contributed by atoms with Gasteiger partial charge in [-0.3, -0.25) is 4.79 Å². The Hall–Kier alpha value is -1.42. The molecule has 1 aromatic rings. The molecule has 3 rings (SSSR count). The summed E-state index contributed by atoms with van der Waals surface area (Å²) in [5.74, 6) is 1.13. The Bertz CT molecular complexity index is 502. The molecule has 0 spiro atoms. The van der Waals surface area contributed by atoms with Gasteiger partial charge < -0.3 is 11.1 Å². The largest absolute Gasteiger partial charge is 0.356 e. The summed E-state index contributed by atoms with van der Waals surface area (Å²) >= 11 is 0. The number of nitrogens with two attached hydrogens (primary N) is 1. The summed E-state index contributed by atoms with van der Waals surface area (Å²) in [4.78, 5) is 12.4. The first-order chi connectivity index (χ1) is 10.6. The van der Waals surface area contributed by atoms with E-state index in [-0.39, 0.29) is 17.6 Å². The van der Waals surface area contributed by atoms with Crippen molar-refractivity contribution >= 4 is 5.91 Å². The third kappa shape index (κ3) is 3.49. The molecule has 120 valence electrons. The fourth-order valence-electron chi connectivity index (χ4n) is 4.13. The number of hydrogen-bond donors (Lipinski definition) is 2. The van der Waals surface area contributed by atoms with Gasteiger partial charge in [-0.2, -0.15) is 0 Å². The lowest BCUT2D eigenvalue weighted by molar-refractivity contribution is -0.127. The van der Waals surface area contributed by atoms with E-state index in [1.54, 1.807) is 12.1 Å². The number of benzene rings is 1. The maximum Gasteiger partial charge on any atom is 0.223 e. The van der Waals surface area contributed by atoms with Crippen LogP contribution < -0.4 is 11.1 Å². The number of nitrogens with one attached hydrogen (secondary N) is 1. The van der Waals surface area contributed by atoms with Gasteiger partial charge in [0.2, 0.25) is 5.91 Å². The van der Waals surface area contributed by atoms with E-state index in [0.29, 0.717) is 24.4 Å². The second-order valence-corrected chi connectivity index (χ2v) is 6.86. The SMILES string of the molecule is NC1C2CCCC1CC(C(=O)NCCc1ccc(F)cc1)C2. The number of carbonyl (C=O) groups excluding carboxylic acids is 1. The predicted octanol–water partition coefficient (Wildman–Crippen LogP) is 2.64. The second-order valence-electron chi connectivity index (χ2n) is 6.86. The lowest BCUT2D eigenvalue weighted by Gasteiger charge is -2.43. The number of halogens is 1. The normalized spacial score (nSPS) is 30.8. The molecule has 2 saturated carbocycles. The van der Waals surface area contributed by atoms with Crippen LogP contribution in [0.15, 0.2) is 24.3 Å². The van der Waals surface area contributed by atoms with E-state index in [2.05, 4.69) is 5.32 Å². The Balaban J connectivity index is 1.47. The Labute approximate surface area is 131 Å². The standard InChI is InChI=1S/C18H25FN2O/c19-16-6-4-12(5-7-16)8-9-21-18(22)15-10-13-2-1-3-14(11-15)17(13)20/h4-7,13-15,17H,1-3,8-11,20H2,(H,21,22). The van der Waals surface area contributed by atoms with Crippen molar-refractivity contribution in [2.45, 2.75) is 44.6 Å². The van der Waals surface area contributed by atoms with Gasteiger partial charge in [0.15, 0.2) is 0 Å². The number of amides is 1. The first kappa shape index (κ1) is 15.5. The van der Waals surface area contributed by atoms with Gasteiger partial charge in [0.05, 0.1) is 0 Å². The van der Waals surface area contributed by atoms with Crippen LogP contribution in [0.5, 0.6) is 0 Å². The molecule has 1 amide bonds. The molecule has 2 atom stereocenters. The molecule has 0 saturated heterocycles. The van der Waals surface area contributed by atoms with E-state index in [0.717, 1.165) is 24.8 Å². The highest BCUT2D eigenvalue weighted by atomic mass is 19.1. The van der Waals surface area contributed by atoms with Crippen LogP contribution in [-0.4, -0.2) is 18.5 Å². The van der Waals surface area contributed by atoms with Crippen LogP contribution >= 0.6 is 0 Å². The van der Waals surface area contributed by atoms with Crippen LogP contribution in [0.2, 0.25) is 0 Å². The molecular weight excluding hydrogens is 279 g/mol. The molecule has 2 aliphatic carbocycles. The van der Waals surface area contributed by atoms with E-state index in [1.807, 2.05) is 0 Å². The molecule has 4 heteroatoms. The first-order valence-corrected chi connectivity index (χ1v) is 8.41. The predicted molar refractivity (Wildman–Crippen MR) is 84.6 cm³/mol. The van der Waals surface area contributed by atoms with Crippen LogP contribution in [0.25, 0.3) is 0 Å². The summed E-state index contributed by atoms with van der Waals surface area (Å²) in [5, 5.41) is 3.05. The lowest BCUT2D eigenvalue weighted by atomic mass is 9.65. The monoisotopic (exact) mass is 304 g/mol. The maximum atomic E-state index is 12.8. The fourth-order valence-corrected chi connectivity index (χ4v) is 4.13. The number of rotatable bonds is 4. The Morgan fingerprint density at radius 3 is 2.45 bits per heavy atom. The molecular formula is C18H25FN2O. The molecule has 3 N–H and O–H groups in total. The van der Waals surface area contributed by atoms with Gasteiger partial charge in [-0.25, -0.2) is 4.39 Å². The van der Waals surface area contributed by atoms with Gasteiger partial charge in [0, 0.05) is 18.5 Å². The third-order valence-corrected chi connectivity index (χ3v) is 5.41. The third-order valence-electron chi connectivity index (χ3n) is 5.41. The summed E-state index contributed by atoms with van der Waals surface area (Å²) in [6.45, 7) is 0.613. The average Bonchev–Trinajstić information content (AvgIpc) is 2.49.